The van der Waals surface area contributed by atoms with Gasteiger partial charge in [0.05, 0.1) is 6.54 Å². The quantitative estimate of drug-likeness (QED) is 0.863. The van der Waals surface area contributed by atoms with Gasteiger partial charge >= 0.3 is 0 Å². The lowest BCUT2D eigenvalue weighted by atomic mass is 9.95. The van der Waals surface area contributed by atoms with Gasteiger partial charge in [0.1, 0.15) is 0 Å². The summed E-state index contributed by atoms with van der Waals surface area (Å²) < 4.78 is 0. The van der Waals surface area contributed by atoms with Gasteiger partial charge in [-0.25, -0.2) is 0 Å². The lowest BCUT2D eigenvalue weighted by Gasteiger charge is -2.26. The molecule has 3 rings (SSSR count). The number of rotatable bonds is 5. The largest absolute Gasteiger partial charge is 0.339 e. The van der Waals surface area contributed by atoms with Crippen LogP contribution < -0.4 is 10.6 Å². The maximum absolute atomic E-state index is 12.4. The minimum atomic E-state index is -0.0271. The van der Waals surface area contributed by atoms with Crippen molar-refractivity contribution in [3.8, 4) is 0 Å². The third-order valence-corrected chi connectivity index (χ3v) is 5.22. The highest BCUT2D eigenvalue weighted by molar-refractivity contribution is 5.96. The number of benzene rings is 1. The molecule has 5 nitrogen and oxygen atoms in total. The molecule has 2 N–H and O–H groups in total. The van der Waals surface area contributed by atoms with E-state index in [9.17, 15) is 9.59 Å². The zero-order chi connectivity index (χ0) is 17.5. The second kappa shape index (κ2) is 8.99. The van der Waals surface area contributed by atoms with Crippen LogP contribution in [0.4, 0.5) is 5.69 Å². The van der Waals surface area contributed by atoms with Crippen molar-refractivity contribution in [1.82, 2.24) is 10.2 Å². The molecule has 2 amide bonds. The first-order chi connectivity index (χ1) is 12.2. The third kappa shape index (κ3) is 5.30. The fraction of sp³-hybridized carbons (Fsp3) is 0.600. The normalized spacial score (nSPS) is 18.8. The van der Waals surface area contributed by atoms with E-state index in [1.54, 1.807) is 12.1 Å². The predicted octanol–water partition coefficient (Wildman–Crippen LogP) is 3.17. The Morgan fingerprint density at radius 1 is 0.920 bits per heavy atom. The molecule has 2 aliphatic rings. The molecule has 0 bridgehead atoms. The summed E-state index contributed by atoms with van der Waals surface area (Å²) in [6.45, 7) is 2.05. The van der Waals surface area contributed by atoms with Gasteiger partial charge in [0.2, 0.25) is 5.91 Å². The smallest absolute Gasteiger partial charge is 0.253 e. The molecular formula is C20H29N3O2. The molecule has 0 spiro atoms. The Labute approximate surface area is 150 Å². The molecule has 136 valence electrons. The van der Waals surface area contributed by atoms with Crippen molar-refractivity contribution in [3.63, 3.8) is 0 Å². The van der Waals surface area contributed by atoms with Crippen LogP contribution in [-0.2, 0) is 4.79 Å². The van der Waals surface area contributed by atoms with Crippen molar-refractivity contribution < 1.29 is 9.59 Å². The SMILES string of the molecule is O=C(CNC1CCCCC1)Nc1ccc(C(=O)N2CCCCC2)cc1. The van der Waals surface area contributed by atoms with Crippen LogP contribution in [0.1, 0.15) is 61.7 Å². The highest BCUT2D eigenvalue weighted by Crippen LogP contribution is 2.17. The molecule has 1 aromatic rings. The van der Waals surface area contributed by atoms with Crippen LogP contribution in [0, 0.1) is 0 Å². The fourth-order valence-electron chi connectivity index (χ4n) is 3.72. The number of hydrogen-bond acceptors (Lipinski definition) is 3. The number of anilines is 1. The lowest BCUT2D eigenvalue weighted by molar-refractivity contribution is -0.115. The van der Waals surface area contributed by atoms with Crippen LogP contribution in [0.5, 0.6) is 0 Å². The topological polar surface area (TPSA) is 61.4 Å². The molecule has 25 heavy (non-hydrogen) atoms. The van der Waals surface area contributed by atoms with Crippen LogP contribution >= 0.6 is 0 Å². The zero-order valence-corrected chi connectivity index (χ0v) is 14.9. The summed E-state index contributed by atoms with van der Waals surface area (Å²) in [5.74, 6) is 0.0669. The molecule has 1 aliphatic heterocycles. The molecule has 2 fully saturated rings. The minimum Gasteiger partial charge on any atom is -0.339 e. The number of likely N-dealkylation sites (tertiary alicyclic amines) is 1. The van der Waals surface area contributed by atoms with Gasteiger partial charge in [-0.05, 0) is 56.4 Å². The molecule has 0 aromatic heterocycles. The van der Waals surface area contributed by atoms with E-state index in [4.69, 9.17) is 0 Å². The Kier molecular flexibility index (Phi) is 6.45. The summed E-state index contributed by atoms with van der Waals surface area (Å²) in [5, 5.41) is 6.24. The standard InChI is InChI=1S/C20H29N3O2/c24-19(15-21-17-7-3-1-4-8-17)22-18-11-9-16(10-12-18)20(25)23-13-5-2-6-14-23/h9-12,17,21H,1-8,13-15H2,(H,22,24). The number of piperidine rings is 1. The number of amides is 2. The Bertz CT molecular complexity index is 573. The Morgan fingerprint density at radius 2 is 1.56 bits per heavy atom. The maximum atomic E-state index is 12.4. The second-order valence-corrected chi connectivity index (χ2v) is 7.19. The van der Waals surface area contributed by atoms with E-state index in [0.29, 0.717) is 18.2 Å². The van der Waals surface area contributed by atoms with E-state index in [2.05, 4.69) is 10.6 Å². The summed E-state index contributed by atoms with van der Waals surface area (Å²) in [6.07, 6.45) is 9.55. The molecule has 1 aliphatic carbocycles. The number of hydrogen-bond donors (Lipinski definition) is 2. The molecule has 1 saturated heterocycles. The minimum absolute atomic E-state index is 0.0271. The van der Waals surface area contributed by atoms with E-state index in [-0.39, 0.29) is 11.8 Å². The van der Waals surface area contributed by atoms with E-state index in [0.717, 1.165) is 31.6 Å². The van der Waals surface area contributed by atoms with Gasteiger partial charge in [-0.15, -0.1) is 0 Å². The van der Waals surface area contributed by atoms with Crippen LogP contribution in [0.25, 0.3) is 0 Å². The van der Waals surface area contributed by atoms with E-state index in [1.807, 2.05) is 17.0 Å². The highest BCUT2D eigenvalue weighted by Gasteiger charge is 2.18. The molecule has 1 saturated carbocycles. The van der Waals surface area contributed by atoms with Crippen molar-refractivity contribution in [1.29, 1.82) is 0 Å². The average Bonchev–Trinajstić information content (AvgIpc) is 2.68. The molecule has 1 heterocycles. The number of nitrogens with zero attached hydrogens (tertiary/aromatic N) is 1. The van der Waals surface area contributed by atoms with Crippen LogP contribution in [0.3, 0.4) is 0 Å². The van der Waals surface area contributed by atoms with Crippen LogP contribution in [0.2, 0.25) is 0 Å². The number of carbonyl (C=O) groups is 2. The van der Waals surface area contributed by atoms with Crippen molar-refractivity contribution in [2.75, 3.05) is 25.0 Å². The molecule has 0 unspecified atom stereocenters. The van der Waals surface area contributed by atoms with Crippen molar-refractivity contribution in [2.45, 2.75) is 57.4 Å². The Hall–Kier alpha value is -1.88. The van der Waals surface area contributed by atoms with E-state index >= 15 is 0 Å². The average molecular weight is 343 g/mol. The summed E-state index contributed by atoms with van der Waals surface area (Å²) >= 11 is 0. The van der Waals surface area contributed by atoms with Crippen molar-refractivity contribution in [2.24, 2.45) is 0 Å². The second-order valence-electron chi connectivity index (χ2n) is 7.19. The Balaban J connectivity index is 1.46. The van der Waals surface area contributed by atoms with Crippen molar-refractivity contribution >= 4 is 17.5 Å². The Morgan fingerprint density at radius 3 is 2.24 bits per heavy atom. The summed E-state index contributed by atoms with van der Waals surface area (Å²) in [6, 6.07) is 7.72. The maximum Gasteiger partial charge on any atom is 0.253 e. The third-order valence-electron chi connectivity index (χ3n) is 5.22. The monoisotopic (exact) mass is 343 g/mol. The van der Waals surface area contributed by atoms with Gasteiger partial charge in [-0.1, -0.05) is 19.3 Å². The van der Waals surface area contributed by atoms with E-state index in [1.165, 1.54) is 38.5 Å². The molecular weight excluding hydrogens is 314 g/mol. The first-order valence-corrected chi connectivity index (χ1v) is 9.65. The molecule has 0 radical (unpaired) electrons. The summed E-state index contributed by atoms with van der Waals surface area (Å²) in [4.78, 5) is 26.4. The number of nitrogens with one attached hydrogen (secondary N) is 2. The highest BCUT2D eigenvalue weighted by atomic mass is 16.2. The zero-order valence-electron chi connectivity index (χ0n) is 14.9. The van der Waals surface area contributed by atoms with E-state index < -0.39 is 0 Å². The molecule has 1 aromatic carbocycles. The first-order valence-electron chi connectivity index (χ1n) is 9.65. The molecule has 5 heteroatoms. The van der Waals surface area contributed by atoms with Crippen LogP contribution in [-0.4, -0.2) is 42.4 Å². The predicted molar refractivity (Wildman–Crippen MR) is 99.7 cm³/mol. The van der Waals surface area contributed by atoms with Gasteiger partial charge < -0.3 is 15.5 Å². The summed E-state index contributed by atoms with van der Waals surface area (Å²) in [7, 11) is 0. The van der Waals surface area contributed by atoms with Gasteiger partial charge in [0.15, 0.2) is 0 Å². The van der Waals surface area contributed by atoms with Crippen LogP contribution in [0.15, 0.2) is 24.3 Å². The van der Waals surface area contributed by atoms with Gasteiger partial charge in [0.25, 0.3) is 5.91 Å². The van der Waals surface area contributed by atoms with Crippen molar-refractivity contribution in [3.05, 3.63) is 29.8 Å². The van der Waals surface area contributed by atoms with Gasteiger partial charge in [0, 0.05) is 30.4 Å². The first kappa shape index (κ1) is 17.9. The van der Waals surface area contributed by atoms with Gasteiger partial charge in [-0.2, -0.15) is 0 Å². The summed E-state index contributed by atoms with van der Waals surface area (Å²) in [5.41, 5.74) is 1.44. The fourth-order valence-corrected chi connectivity index (χ4v) is 3.72. The number of carbonyl (C=O) groups excluding carboxylic acids is 2. The van der Waals surface area contributed by atoms with Gasteiger partial charge in [-0.3, -0.25) is 9.59 Å². The lowest BCUT2D eigenvalue weighted by Crippen LogP contribution is -2.37. The molecule has 0 atom stereocenters.